The molecule has 0 aliphatic carbocycles. The molecule has 1 N–H and O–H groups in total. The highest BCUT2D eigenvalue weighted by Crippen LogP contribution is 2.48. The normalized spacial score (nSPS) is 11.0. The zero-order chi connectivity index (χ0) is 32.4. The molecule has 45 heavy (non-hydrogen) atoms. The fourth-order valence-electron chi connectivity index (χ4n) is 4.77. The molecule has 11 heteroatoms. The number of carbonyl (C=O) groups is 2. The first-order valence-electron chi connectivity index (χ1n) is 14.1. The minimum atomic E-state index is -4.83. The van der Waals surface area contributed by atoms with E-state index in [9.17, 15) is 19.0 Å². The van der Waals surface area contributed by atoms with Gasteiger partial charge in [-0.15, -0.1) is 0 Å². The number of ketones is 2. The van der Waals surface area contributed by atoms with Gasteiger partial charge in [-0.3, -0.25) is 14.5 Å². The Labute approximate surface area is 262 Å². The standard InChI is InChI=1S/C34H35O10P/c1-39-29-19-25(20-30(40-2)33(29)27(35)17-15-23-11-7-5-8-12-23)43-45(37,38)44-26-21-31(41-3)34(32(22-26)42-4)28(36)18-16-24-13-9-6-10-14-24/h5-14,19-22H,15-18H2,1-4H3,(H,37,38). The molecule has 0 fully saturated rings. The van der Waals surface area contributed by atoms with Gasteiger partial charge in [-0.05, 0) is 24.0 Å². The molecule has 0 unspecified atom stereocenters. The van der Waals surface area contributed by atoms with Gasteiger partial charge in [0.1, 0.15) is 45.6 Å². The Hall–Kier alpha value is -4.79. The molecule has 0 saturated carbocycles. The van der Waals surface area contributed by atoms with E-state index < -0.39 is 7.82 Å². The quantitative estimate of drug-likeness (QED) is 0.103. The first-order chi connectivity index (χ1) is 21.7. The van der Waals surface area contributed by atoms with Crippen LogP contribution in [0.15, 0.2) is 84.9 Å². The molecule has 0 aliphatic rings. The average molecular weight is 635 g/mol. The summed E-state index contributed by atoms with van der Waals surface area (Å²) in [5, 5.41) is 0. The summed E-state index contributed by atoms with van der Waals surface area (Å²) in [6.07, 6.45) is 1.39. The van der Waals surface area contributed by atoms with Crippen LogP contribution in [0.5, 0.6) is 34.5 Å². The van der Waals surface area contributed by atoms with Gasteiger partial charge in [0.05, 0.1) is 28.4 Å². The number of carbonyl (C=O) groups excluding carboxylic acids is 2. The Kier molecular flexibility index (Phi) is 11.2. The van der Waals surface area contributed by atoms with Gasteiger partial charge in [0.2, 0.25) is 0 Å². The molecule has 0 aliphatic heterocycles. The van der Waals surface area contributed by atoms with Gasteiger partial charge in [0.15, 0.2) is 11.6 Å². The topological polar surface area (TPSA) is 127 Å². The van der Waals surface area contributed by atoms with Crippen molar-refractivity contribution in [3.8, 4) is 34.5 Å². The number of rotatable bonds is 16. The van der Waals surface area contributed by atoms with E-state index in [1.165, 1.54) is 52.7 Å². The third-order valence-electron chi connectivity index (χ3n) is 6.93. The molecule has 0 aromatic heterocycles. The van der Waals surface area contributed by atoms with Crippen molar-refractivity contribution in [3.63, 3.8) is 0 Å². The Balaban J connectivity index is 1.52. The Morgan fingerprint density at radius 3 is 1.18 bits per heavy atom. The maximum absolute atomic E-state index is 13.1. The molecule has 4 aromatic carbocycles. The Bertz CT molecular complexity index is 1500. The van der Waals surface area contributed by atoms with Crippen LogP contribution in [0.25, 0.3) is 0 Å². The van der Waals surface area contributed by atoms with Crippen molar-refractivity contribution >= 4 is 19.4 Å². The van der Waals surface area contributed by atoms with Crippen LogP contribution in [0.1, 0.15) is 44.7 Å². The van der Waals surface area contributed by atoms with E-state index >= 15 is 0 Å². The van der Waals surface area contributed by atoms with Crippen LogP contribution in [0.3, 0.4) is 0 Å². The highest BCUT2D eigenvalue weighted by atomic mass is 31.2. The molecular formula is C34H35O10P. The van der Waals surface area contributed by atoms with E-state index in [-0.39, 0.29) is 70.0 Å². The number of hydrogen-bond acceptors (Lipinski definition) is 9. The van der Waals surface area contributed by atoms with Crippen LogP contribution in [0, 0.1) is 0 Å². The van der Waals surface area contributed by atoms with Crippen molar-refractivity contribution in [2.45, 2.75) is 25.7 Å². The predicted molar refractivity (Wildman–Crippen MR) is 168 cm³/mol. The largest absolute Gasteiger partial charge is 0.584 e. The fraction of sp³-hybridized carbons (Fsp3) is 0.235. The summed E-state index contributed by atoms with van der Waals surface area (Å²) in [6, 6.07) is 24.3. The van der Waals surface area contributed by atoms with Crippen molar-refractivity contribution in [2.75, 3.05) is 28.4 Å². The molecule has 0 saturated heterocycles. The van der Waals surface area contributed by atoms with E-state index in [2.05, 4.69) is 0 Å². The third-order valence-corrected chi connectivity index (χ3v) is 7.81. The average Bonchev–Trinajstić information content (AvgIpc) is 3.05. The highest BCUT2D eigenvalue weighted by molar-refractivity contribution is 7.48. The zero-order valence-corrected chi connectivity index (χ0v) is 26.4. The lowest BCUT2D eigenvalue weighted by Gasteiger charge is -2.19. The van der Waals surface area contributed by atoms with Gasteiger partial charge < -0.3 is 28.0 Å². The number of ether oxygens (including phenoxy) is 4. The number of hydrogen-bond donors (Lipinski definition) is 1. The summed E-state index contributed by atoms with van der Waals surface area (Å²) in [6.45, 7) is 0. The van der Waals surface area contributed by atoms with Crippen LogP contribution in [-0.4, -0.2) is 44.9 Å². The van der Waals surface area contributed by atoms with Crippen molar-refractivity contribution in [2.24, 2.45) is 0 Å². The zero-order valence-electron chi connectivity index (χ0n) is 25.5. The number of methoxy groups -OCH3 is 4. The Morgan fingerprint density at radius 2 is 0.889 bits per heavy atom. The molecular weight excluding hydrogens is 599 g/mol. The van der Waals surface area contributed by atoms with Gasteiger partial charge in [-0.2, -0.15) is 0 Å². The van der Waals surface area contributed by atoms with E-state index in [0.717, 1.165) is 11.1 Å². The first-order valence-corrected chi connectivity index (χ1v) is 15.6. The maximum atomic E-state index is 13.1. The fourth-order valence-corrected chi connectivity index (χ4v) is 5.55. The van der Waals surface area contributed by atoms with Crippen molar-refractivity contribution in [1.29, 1.82) is 0 Å². The van der Waals surface area contributed by atoms with Crippen LogP contribution in [-0.2, 0) is 17.4 Å². The van der Waals surface area contributed by atoms with Crippen LogP contribution >= 0.6 is 7.82 Å². The second kappa shape index (κ2) is 15.3. The summed E-state index contributed by atoms with van der Waals surface area (Å²) in [4.78, 5) is 37.0. The molecule has 0 atom stereocenters. The molecule has 10 nitrogen and oxygen atoms in total. The lowest BCUT2D eigenvalue weighted by Crippen LogP contribution is -2.08. The van der Waals surface area contributed by atoms with Crippen molar-refractivity contribution in [3.05, 3.63) is 107 Å². The van der Waals surface area contributed by atoms with E-state index in [1.807, 2.05) is 60.7 Å². The molecule has 0 radical (unpaired) electrons. The van der Waals surface area contributed by atoms with Gasteiger partial charge in [-0.1, -0.05) is 60.7 Å². The summed E-state index contributed by atoms with van der Waals surface area (Å²) < 4.78 is 45.5. The maximum Gasteiger partial charge on any atom is 0.584 e. The van der Waals surface area contributed by atoms with Gasteiger partial charge >= 0.3 is 7.82 Å². The highest BCUT2D eigenvalue weighted by Gasteiger charge is 2.30. The summed E-state index contributed by atoms with van der Waals surface area (Å²) in [5.41, 5.74) is 2.36. The summed E-state index contributed by atoms with van der Waals surface area (Å²) in [7, 11) is 0.623. The molecule has 0 heterocycles. The van der Waals surface area contributed by atoms with E-state index in [1.54, 1.807) is 0 Å². The molecule has 4 rings (SSSR count). The Morgan fingerprint density at radius 1 is 0.578 bits per heavy atom. The number of benzene rings is 4. The minimum absolute atomic E-state index is 0.101. The lowest BCUT2D eigenvalue weighted by molar-refractivity contribution is 0.0968. The molecule has 0 bridgehead atoms. The number of aryl methyl sites for hydroxylation is 2. The van der Waals surface area contributed by atoms with Gasteiger partial charge in [-0.25, -0.2) is 4.57 Å². The predicted octanol–water partition coefficient (Wildman–Crippen LogP) is 6.91. The molecule has 4 aromatic rings. The van der Waals surface area contributed by atoms with Gasteiger partial charge in [0, 0.05) is 37.1 Å². The second-order valence-corrected chi connectivity index (χ2v) is 11.2. The summed E-state index contributed by atoms with van der Waals surface area (Å²) in [5.74, 6) is -0.344. The van der Waals surface area contributed by atoms with Crippen molar-refractivity contribution in [1.82, 2.24) is 0 Å². The van der Waals surface area contributed by atoms with Gasteiger partial charge in [0.25, 0.3) is 0 Å². The lowest BCUT2D eigenvalue weighted by atomic mass is 10.0. The SMILES string of the molecule is COc1cc(OP(=O)(O)Oc2cc(OC)c(C(=O)CCc3ccccc3)c(OC)c2)cc(OC)c1C(=O)CCc1ccccc1. The first kappa shape index (κ1) is 33.1. The number of phosphoric ester groups is 1. The second-order valence-electron chi connectivity index (χ2n) is 9.87. The summed E-state index contributed by atoms with van der Waals surface area (Å²) >= 11 is 0. The van der Waals surface area contributed by atoms with E-state index in [0.29, 0.717) is 12.8 Å². The third kappa shape index (κ3) is 8.65. The van der Waals surface area contributed by atoms with E-state index in [4.69, 9.17) is 28.0 Å². The minimum Gasteiger partial charge on any atom is -0.496 e. The number of phosphoric acid groups is 1. The monoisotopic (exact) mass is 634 g/mol. The smallest absolute Gasteiger partial charge is 0.496 e. The van der Waals surface area contributed by atoms with Crippen LogP contribution < -0.4 is 28.0 Å². The molecule has 0 amide bonds. The molecule has 0 spiro atoms. The number of Topliss-reactive ketones (excluding diaryl/α,β-unsaturated/α-hetero) is 2. The molecule has 236 valence electrons. The van der Waals surface area contributed by atoms with Crippen LogP contribution in [0.4, 0.5) is 0 Å². The van der Waals surface area contributed by atoms with Crippen LogP contribution in [0.2, 0.25) is 0 Å². The van der Waals surface area contributed by atoms with Crippen molar-refractivity contribution < 1.29 is 47.0 Å².